The number of nitrogens with two attached hydrogens (primary N) is 1. The van der Waals surface area contributed by atoms with E-state index in [4.69, 9.17) is 5.73 Å². The van der Waals surface area contributed by atoms with Crippen LogP contribution in [0.5, 0.6) is 0 Å². The molecule has 0 aromatic heterocycles. The number of piperidine rings is 1. The Kier molecular flexibility index (Phi) is 3.88. The van der Waals surface area contributed by atoms with E-state index in [0.717, 1.165) is 32.4 Å². The van der Waals surface area contributed by atoms with Gasteiger partial charge in [0.2, 0.25) is 5.91 Å². The van der Waals surface area contributed by atoms with Crippen LogP contribution in [0.1, 0.15) is 30.7 Å². The largest absolute Gasteiger partial charge is 0.342 e. The van der Waals surface area contributed by atoms with Crippen molar-refractivity contribution in [1.29, 1.82) is 0 Å². The molecular weight excluding hydrogens is 248 g/mol. The lowest BCUT2D eigenvalue weighted by atomic mass is 9.89. The molecule has 0 spiro atoms. The van der Waals surface area contributed by atoms with E-state index in [1.54, 1.807) is 0 Å². The van der Waals surface area contributed by atoms with Crippen molar-refractivity contribution in [1.82, 2.24) is 4.90 Å². The van der Waals surface area contributed by atoms with E-state index >= 15 is 0 Å². The van der Waals surface area contributed by atoms with E-state index in [1.807, 2.05) is 17.1 Å². The molecule has 1 aromatic rings. The highest BCUT2D eigenvalue weighted by Crippen LogP contribution is 2.29. The number of hydrogen-bond acceptors (Lipinski definition) is 2. The van der Waals surface area contributed by atoms with Crippen LogP contribution in [0.3, 0.4) is 0 Å². The second kappa shape index (κ2) is 5.80. The third-order valence-corrected chi connectivity index (χ3v) is 4.51. The summed E-state index contributed by atoms with van der Waals surface area (Å²) in [5.41, 5.74) is 7.24. The van der Waals surface area contributed by atoms with Gasteiger partial charge < -0.3 is 10.6 Å². The summed E-state index contributed by atoms with van der Waals surface area (Å²) in [4.78, 5) is 14.4. The standard InChI is InChI=1S/C17H22N2O/c18-16-7-6-15(12-16)17(20)19-10-8-14(9-11-19)13-4-2-1-3-5-13/h1-7,14-16H,8-12,18H2. The van der Waals surface area contributed by atoms with Crippen molar-refractivity contribution in [3.8, 4) is 0 Å². The molecule has 0 radical (unpaired) electrons. The van der Waals surface area contributed by atoms with Crippen LogP contribution in [0.4, 0.5) is 0 Å². The lowest BCUT2D eigenvalue weighted by Gasteiger charge is -2.33. The third-order valence-electron chi connectivity index (χ3n) is 4.51. The summed E-state index contributed by atoms with van der Waals surface area (Å²) in [5.74, 6) is 0.876. The molecule has 3 heteroatoms. The Morgan fingerprint density at radius 1 is 1.10 bits per heavy atom. The molecule has 1 fully saturated rings. The molecule has 106 valence electrons. The maximum absolute atomic E-state index is 12.4. The van der Waals surface area contributed by atoms with E-state index in [1.165, 1.54) is 5.56 Å². The van der Waals surface area contributed by atoms with Gasteiger partial charge in [-0.05, 0) is 30.7 Å². The van der Waals surface area contributed by atoms with Gasteiger partial charge in [-0.3, -0.25) is 4.79 Å². The van der Waals surface area contributed by atoms with Crippen molar-refractivity contribution < 1.29 is 4.79 Å². The molecule has 1 amide bonds. The highest BCUT2D eigenvalue weighted by molar-refractivity contribution is 5.81. The molecule has 20 heavy (non-hydrogen) atoms. The van der Waals surface area contributed by atoms with Crippen molar-refractivity contribution in [3.05, 3.63) is 48.0 Å². The van der Waals surface area contributed by atoms with Crippen LogP contribution in [-0.2, 0) is 4.79 Å². The first-order chi connectivity index (χ1) is 9.74. The minimum atomic E-state index is 0.0123. The van der Waals surface area contributed by atoms with E-state index in [2.05, 4.69) is 30.3 Å². The fourth-order valence-electron chi connectivity index (χ4n) is 3.30. The van der Waals surface area contributed by atoms with E-state index in [9.17, 15) is 4.79 Å². The smallest absolute Gasteiger partial charge is 0.229 e. The summed E-state index contributed by atoms with van der Waals surface area (Å²) in [6.45, 7) is 1.75. The van der Waals surface area contributed by atoms with Gasteiger partial charge in [0, 0.05) is 19.1 Å². The van der Waals surface area contributed by atoms with Gasteiger partial charge >= 0.3 is 0 Å². The van der Waals surface area contributed by atoms with E-state index < -0.39 is 0 Å². The average Bonchev–Trinajstić information content (AvgIpc) is 2.94. The van der Waals surface area contributed by atoms with Crippen LogP contribution in [0, 0.1) is 5.92 Å². The second-order valence-electron chi connectivity index (χ2n) is 5.90. The zero-order valence-electron chi connectivity index (χ0n) is 11.7. The molecule has 1 aliphatic carbocycles. The maximum atomic E-state index is 12.4. The summed E-state index contributed by atoms with van der Waals surface area (Å²) >= 11 is 0. The van der Waals surface area contributed by atoms with Gasteiger partial charge in [0.05, 0.1) is 5.92 Å². The first kappa shape index (κ1) is 13.4. The van der Waals surface area contributed by atoms with Gasteiger partial charge in [0.15, 0.2) is 0 Å². The molecule has 0 bridgehead atoms. The molecule has 3 nitrogen and oxygen atoms in total. The number of carbonyl (C=O) groups excluding carboxylic acids is 1. The van der Waals surface area contributed by atoms with Gasteiger partial charge in [-0.15, -0.1) is 0 Å². The summed E-state index contributed by atoms with van der Waals surface area (Å²) in [7, 11) is 0. The molecule has 0 saturated carbocycles. The summed E-state index contributed by atoms with van der Waals surface area (Å²) in [6, 6.07) is 10.7. The Bertz CT molecular complexity index is 489. The highest BCUT2D eigenvalue weighted by Gasteiger charge is 2.30. The molecule has 2 unspecified atom stereocenters. The number of carbonyl (C=O) groups is 1. The Morgan fingerprint density at radius 3 is 2.40 bits per heavy atom. The zero-order chi connectivity index (χ0) is 13.9. The Hall–Kier alpha value is -1.61. The van der Waals surface area contributed by atoms with Crippen molar-refractivity contribution in [2.75, 3.05) is 13.1 Å². The predicted molar refractivity (Wildman–Crippen MR) is 80.2 cm³/mol. The van der Waals surface area contributed by atoms with Crippen molar-refractivity contribution in [3.63, 3.8) is 0 Å². The quantitative estimate of drug-likeness (QED) is 0.838. The zero-order valence-corrected chi connectivity index (χ0v) is 11.7. The molecule has 1 saturated heterocycles. The molecule has 2 aliphatic rings. The minimum Gasteiger partial charge on any atom is -0.342 e. The average molecular weight is 270 g/mol. The van der Waals surface area contributed by atoms with E-state index in [-0.39, 0.29) is 17.9 Å². The van der Waals surface area contributed by atoms with E-state index in [0.29, 0.717) is 5.92 Å². The van der Waals surface area contributed by atoms with Crippen molar-refractivity contribution in [2.45, 2.75) is 31.2 Å². The number of benzene rings is 1. The van der Waals surface area contributed by atoms with Crippen LogP contribution < -0.4 is 5.73 Å². The lowest BCUT2D eigenvalue weighted by Crippen LogP contribution is -2.41. The highest BCUT2D eigenvalue weighted by atomic mass is 16.2. The monoisotopic (exact) mass is 270 g/mol. The van der Waals surface area contributed by atoms with Crippen molar-refractivity contribution >= 4 is 5.91 Å². The van der Waals surface area contributed by atoms with Gasteiger partial charge in [-0.1, -0.05) is 42.5 Å². The summed E-state index contributed by atoms with van der Waals surface area (Å²) < 4.78 is 0. The van der Waals surface area contributed by atoms with Crippen LogP contribution in [0.15, 0.2) is 42.5 Å². The normalized spacial score (nSPS) is 26.9. The second-order valence-corrected chi connectivity index (χ2v) is 5.90. The Balaban J connectivity index is 1.56. The van der Waals surface area contributed by atoms with Gasteiger partial charge in [0.1, 0.15) is 0 Å². The number of hydrogen-bond donors (Lipinski definition) is 1. The summed E-state index contributed by atoms with van der Waals surface area (Å²) in [6.07, 6.45) is 6.85. The first-order valence-electron chi connectivity index (χ1n) is 7.51. The van der Waals surface area contributed by atoms with Gasteiger partial charge in [-0.2, -0.15) is 0 Å². The number of nitrogens with zero attached hydrogens (tertiary/aromatic N) is 1. The molecule has 1 aromatic carbocycles. The van der Waals surface area contributed by atoms with Crippen LogP contribution in [0.2, 0.25) is 0 Å². The van der Waals surface area contributed by atoms with Crippen LogP contribution >= 0.6 is 0 Å². The molecule has 3 rings (SSSR count). The Labute approximate surface area is 120 Å². The SMILES string of the molecule is NC1C=CC(C(=O)N2CCC(c3ccccc3)CC2)C1. The fraction of sp³-hybridized carbons (Fsp3) is 0.471. The predicted octanol–water partition coefficient (Wildman–Crippen LogP) is 2.30. The first-order valence-corrected chi connectivity index (χ1v) is 7.51. The Morgan fingerprint density at radius 2 is 1.80 bits per heavy atom. The van der Waals surface area contributed by atoms with Gasteiger partial charge in [-0.25, -0.2) is 0 Å². The topological polar surface area (TPSA) is 46.3 Å². The fourth-order valence-corrected chi connectivity index (χ4v) is 3.30. The molecule has 1 heterocycles. The molecule has 1 aliphatic heterocycles. The summed E-state index contributed by atoms with van der Waals surface area (Å²) in [5, 5.41) is 0. The molecule has 2 N–H and O–H groups in total. The minimum absolute atomic E-state index is 0.0123. The third kappa shape index (κ3) is 2.78. The molecular formula is C17H22N2O. The number of amides is 1. The lowest BCUT2D eigenvalue weighted by molar-refractivity contribution is -0.135. The van der Waals surface area contributed by atoms with Crippen LogP contribution in [0.25, 0.3) is 0 Å². The number of rotatable bonds is 2. The van der Waals surface area contributed by atoms with Crippen molar-refractivity contribution in [2.24, 2.45) is 11.7 Å². The van der Waals surface area contributed by atoms with Crippen LogP contribution in [-0.4, -0.2) is 29.9 Å². The molecule has 2 atom stereocenters. The number of likely N-dealkylation sites (tertiary alicyclic amines) is 1. The maximum Gasteiger partial charge on any atom is 0.229 e. The van der Waals surface area contributed by atoms with Gasteiger partial charge in [0.25, 0.3) is 0 Å².